The van der Waals surface area contributed by atoms with E-state index in [1.54, 1.807) is 25.1 Å². The Hall–Kier alpha value is -3.08. The van der Waals surface area contributed by atoms with Crippen LogP contribution in [0.2, 0.25) is 0 Å². The number of hydrogen-bond acceptors (Lipinski definition) is 5. The minimum Gasteiger partial charge on any atom is -0.454 e. The van der Waals surface area contributed by atoms with Gasteiger partial charge < -0.3 is 14.2 Å². The van der Waals surface area contributed by atoms with Crippen LogP contribution >= 0.6 is 0 Å². The van der Waals surface area contributed by atoms with E-state index in [9.17, 15) is 9.59 Å². The summed E-state index contributed by atoms with van der Waals surface area (Å²) in [6, 6.07) is 11.1. The Balaban J connectivity index is 1.38. The molecule has 2 aromatic rings. The predicted octanol–water partition coefficient (Wildman–Crippen LogP) is 3.73. The van der Waals surface area contributed by atoms with Crippen LogP contribution in [0.5, 0.6) is 11.5 Å². The first kappa shape index (κ1) is 17.3. The minimum absolute atomic E-state index is 0.186. The Labute approximate surface area is 157 Å². The first-order chi connectivity index (χ1) is 13.1. The molecule has 2 aromatic carbocycles. The number of hydrogen-bond donors (Lipinski definition) is 0. The van der Waals surface area contributed by atoms with Crippen LogP contribution in [0.4, 0.5) is 0 Å². The third-order valence-electron chi connectivity index (χ3n) is 4.85. The van der Waals surface area contributed by atoms with Gasteiger partial charge in [-0.1, -0.05) is 18.2 Å². The van der Waals surface area contributed by atoms with Crippen molar-refractivity contribution < 1.29 is 23.8 Å². The van der Waals surface area contributed by atoms with E-state index in [0.29, 0.717) is 17.1 Å². The summed E-state index contributed by atoms with van der Waals surface area (Å²) in [5.74, 6) is 0.582. The molecule has 0 fully saturated rings. The van der Waals surface area contributed by atoms with E-state index in [0.717, 1.165) is 24.8 Å². The van der Waals surface area contributed by atoms with Crippen LogP contribution in [0, 0.1) is 0 Å². The number of ketones is 1. The van der Waals surface area contributed by atoms with E-state index in [4.69, 9.17) is 14.2 Å². The summed E-state index contributed by atoms with van der Waals surface area (Å²) in [6.07, 6.45) is 5.30. The second-order valence-electron chi connectivity index (χ2n) is 6.73. The van der Waals surface area contributed by atoms with E-state index in [2.05, 4.69) is 0 Å². The summed E-state index contributed by atoms with van der Waals surface area (Å²) in [4.78, 5) is 24.6. The summed E-state index contributed by atoms with van der Waals surface area (Å²) < 4.78 is 15.8. The number of Topliss-reactive ketones (excluding diaryl/α,β-unsaturated/α-hetero) is 1. The van der Waals surface area contributed by atoms with Gasteiger partial charge in [0, 0.05) is 11.6 Å². The van der Waals surface area contributed by atoms with E-state index in [1.807, 2.05) is 24.3 Å². The molecular weight excluding hydrogens is 344 g/mol. The van der Waals surface area contributed by atoms with Crippen LogP contribution in [0.3, 0.4) is 0 Å². The maximum Gasteiger partial charge on any atom is 0.331 e. The maximum absolute atomic E-state index is 12.6. The van der Waals surface area contributed by atoms with Gasteiger partial charge in [0.05, 0.1) is 0 Å². The van der Waals surface area contributed by atoms with Crippen molar-refractivity contribution in [2.24, 2.45) is 0 Å². The van der Waals surface area contributed by atoms with Crippen LogP contribution < -0.4 is 9.47 Å². The Morgan fingerprint density at radius 2 is 1.85 bits per heavy atom. The largest absolute Gasteiger partial charge is 0.454 e. The molecule has 0 unspecified atom stereocenters. The zero-order chi connectivity index (χ0) is 18.8. The fraction of sp³-hybridized carbons (Fsp3) is 0.273. The summed E-state index contributed by atoms with van der Waals surface area (Å²) in [5.41, 5.74) is 3.91. The third-order valence-corrected chi connectivity index (χ3v) is 4.85. The summed E-state index contributed by atoms with van der Waals surface area (Å²) in [7, 11) is 0. The van der Waals surface area contributed by atoms with Crippen molar-refractivity contribution in [2.75, 3.05) is 6.79 Å². The molecular formula is C22H20O5. The topological polar surface area (TPSA) is 61.8 Å². The standard InChI is InChI=1S/C22H20O5/c1-14(22(24)18-8-7-16-3-2-4-17(16)12-18)27-21(23)10-6-15-5-9-19-20(11-15)26-13-25-19/h5-12,14H,2-4,13H2,1H3/b10-6+/t14-/m0/s1. The summed E-state index contributed by atoms with van der Waals surface area (Å²) in [5, 5.41) is 0. The molecule has 0 spiro atoms. The van der Waals surface area contributed by atoms with Crippen molar-refractivity contribution >= 4 is 17.8 Å². The Morgan fingerprint density at radius 3 is 2.74 bits per heavy atom. The lowest BCUT2D eigenvalue weighted by Crippen LogP contribution is -2.23. The van der Waals surface area contributed by atoms with Gasteiger partial charge in [-0.3, -0.25) is 4.79 Å². The molecule has 0 saturated heterocycles. The first-order valence-electron chi connectivity index (χ1n) is 9.04. The highest BCUT2D eigenvalue weighted by molar-refractivity contribution is 6.01. The zero-order valence-electron chi connectivity index (χ0n) is 15.1. The number of benzene rings is 2. The predicted molar refractivity (Wildman–Crippen MR) is 100.0 cm³/mol. The van der Waals surface area contributed by atoms with Gasteiger partial charge in [0.25, 0.3) is 0 Å². The molecule has 138 valence electrons. The highest BCUT2D eigenvalue weighted by atomic mass is 16.7. The van der Waals surface area contributed by atoms with Crippen LogP contribution in [-0.2, 0) is 22.4 Å². The minimum atomic E-state index is -0.835. The van der Waals surface area contributed by atoms with E-state index in [-0.39, 0.29) is 12.6 Å². The van der Waals surface area contributed by atoms with Crippen LogP contribution in [0.25, 0.3) is 6.08 Å². The van der Waals surface area contributed by atoms with Gasteiger partial charge in [-0.05, 0) is 67.2 Å². The molecule has 4 rings (SSSR count). The fourth-order valence-electron chi connectivity index (χ4n) is 3.41. The molecule has 1 aliphatic carbocycles. The molecule has 1 atom stereocenters. The maximum atomic E-state index is 12.6. The average molecular weight is 364 g/mol. The number of ether oxygens (including phenoxy) is 3. The number of carbonyl (C=O) groups is 2. The number of rotatable bonds is 5. The zero-order valence-corrected chi connectivity index (χ0v) is 15.1. The molecule has 0 saturated carbocycles. The van der Waals surface area contributed by atoms with Crippen LogP contribution in [-0.4, -0.2) is 24.6 Å². The fourth-order valence-corrected chi connectivity index (χ4v) is 3.41. The van der Waals surface area contributed by atoms with E-state index < -0.39 is 12.1 Å². The van der Waals surface area contributed by atoms with Gasteiger partial charge >= 0.3 is 5.97 Å². The Bertz CT molecular complexity index is 928. The van der Waals surface area contributed by atoms with Crippen LogP contribution in [0.15, 0.2) is 42.5 Å². The lowest BCUT2D eigenvalue weighted by molar-refractivity contribution is -0.140. The quantitative estimate of drug-likeness (QED) is 0.460. The molecule has 0 N–H and O–H groups in total. The van der Waals surface area contributed by atoms with Crippen LogP contribution in [0.1, 0.15) is 40.4 Å². The lowest BCUT2D eigenvalue weighted by Gasteiger charge is -2.12. The SMILES string of the molecule is C[C@H](OC(=O)/C=C/c1ccc2c(c1)OCO2)C(=O)c1ccc2c(c1)CCC2. The number of aryl methyl sites for hydroxylation is 2. The van der Waals surface area contributed by atoms with Gasteiger partial charge in [-0.25, -0.2) is 4.79 Å². The Kier molecular flexibility index (Phi) is 4.67. The molecule has 1 heterocycles. The number of esters is 1. The summed E-state index contributed by atoms with van der Waals surface area (Å²) in [6.45, 7) is 1.80. The first-order valence-corrected chi connectivity index (χ1v) is 9.04. The van der Waals surface area contributed by atoms with E-state index in [1.165, 1.54) is 17.2 Å². The monoisotopic (exact) mass is 364 g/mol. The molecule has 0 amide bonds. The molecule has 2 aliphatic rings. The van der Waals surface area contributed by atoms with Crippen molar-refractivity contribution in [1.29, 1.82) is 0 Å². The third kappa shape index (κ3) is 3.72. The molecule has 5 nitrogen and oxygen atoms in total. The normalized spacial score (nSPS) is 15.6. The average Bonchev–Trinajstić information content (AvgIpc) is 3.33. The number of fused-ring (bicyclic) bond motifs is 2. The van der Waals surface area contributed by atoms with Crippen molar-refractivity contribution in [3.8, 4) is 11.5 Å². The van der Waals surface area contributed by atoms with Gasteiger partial charge in [-0.2, -0.15) is 0 Å². The summed E-state index contributed by atoms with van der Waals surface area (Å²) >= 11 is 0. The molecule has 0 bridgehead atoms. The van der Waals surface area contributed by atoms with Crippen molar-refractivity contribution in [3.63, 3.8) is 0 Å². The molecule has 5 heteroatoms. The van der Waals surface area contributed by atoms with Gasteiger partial charge in [0.2, 0.25) is 12.6 Å². The van der Waals surface area contributed by atoms with Gasteiger partial charge in [0.15, 0.2) is 17.6 Å². The lowest BCUT2D eigenvalue weighted by atomic mass is 10.0. The highest BCUT2D eigenvalue weighted by Crippen LogP contribution is 2.32. The highest BCUT2D eigenvalue weighted by Gasteiger charge is 2.21. The number of carbonyl (C=O) groups excluding carboxylic acids is 2. The van der Waals surface area contributed by atoms with Crippen molar-refractivity contribution in [2.45, 2.75) is 32.3 Å². The molecule has 27 heavy (non-hydrogen) atoms. The molecule has 0 radical (unpaired) electrons. The Morgan fingerprint density at radius 1 is 1.04 bits per heavy atom. The smallest absolute Gasteiger partial charge is 0.331 e. The van der Waals surface area contributed by atoms with Gasteiger partial charge in [0.1, 0.15) is 0 Å². The van der Waals surface area contributed by atoms with Crippen molar-refractivity contribution in [1.82, 2.24) is 0 Å². The van der Waals surface area contributed by atoms with E-state index >= 15 is 0 Å². The van der Waals surface area contributed by atoms with Gasteiger partial charge in [-0.15, -0.1) is 0 Å². The second-order valence-corrected chi connectivity index (χ2v) is 6.73. The van der Waals surface area contributed by atoms with Crippen molar-refractivity contribution in [3.05, 3.63) is 64.7 Å². The molecule has 1 aliphatic heterocycles. The molecule has 0 aromatic heterocycles. The second kappa shape index (κ2) is 7.27.